The smallest absolute Gasteiger partial charge is 0.293 e. The molecule has 0 N–H and O–H groups in total. The Morgan fingerprint density at radius 1 is 1.27 bits per heavy atom. The number of carbonyl (C=O) groups is 2. The zero-order valence-electron chi connectivity index (χ0n) is 6.41. The lowest BCUT2D eigenvalue weighted by atomic mass is 9.99. The average molecular weight is 156 g/mol. The van der Waals surface area contributed by atoms with Crippen LogP contribution in [0.15, 0.2) is 0 Å². The van der Waals surface area contributed by atoms with E-state index in [0.717, 1.165) is 32.0 Å². The maximum absolute atomic E-state index is 10.2. The first-order chi connectivity index (χ1) is 5.33. The molecule has 1 fully saturated rings. The van der Waals surface area contributed by atoms with Crippen molar-refractivity contribution in [2.45, 2.75) is 37.7 Å². The Balaban J connectivity index is 2.53. The van der Waals surface area contributed by atoms with Crippen molar-refractivity contribution >= 4 is 12.8 Å². The van der Waals surface area contributed by atoms with Gasteiger partial charge in [-0.25, -0.2) is 0 Å². The van der Waals surface area contributed by atoms with Crippen LogP contribution in [0.4, 0.5) is 0 Å². The minimum Gasteiger partial charge on any atom is -0.461 e. The molecule has 62 valence electrons. The first kappa shape index (κ1) is 8.24. The van der Waals surface area contributed by atoms with Crippen LogP contribution in [-0.4, -0.2) is 18.4 Å². The topological polar surface area (TPSA) is 43.4 Å². The molecule has 0 saturated heterocycles. The maximum atomic E-state index is 10.2. The second kappa shape index (κ2) is 3.51. The van der Waals surface area contributed by atoms with Gasteiger partial charge in [0.1, 0.15) is 11.9 Å². The summed E-state index contributed by atoms with van der Waals surface area (Å²) in [7, 11) is 0. The molecule has 0 bridgehead atoms. The van der Waals surface area contributed by atoms with Gasteiger partial charge < -0.3 is 9.53 Å². The summed E-state index contributed by atoms with van der Waals surface area (Å²) < 4.78 is 4.92. The highest BCUT2D eigenvalue weighted by Crippen LogP contribution is 2.34. The Morgan fingerprint density at radius 3 is 2.36 bits per heavy atom. The van der Waals surface area contributed by atoms with Crippen LogP contribution in [-0.2, 0) is 14.3 Å². The second-order valence-electron chi connectivity index (χ2n) is 2.97. The van der Waals surface area contributed by atoms with Gasteiger partial charge in [0, 0.05) is 6.42 Å². The van der Waals surface area contributed by atoms with Gasteiger partial charge in [-0.2, -0.15) is 0 Å². The molecule has 1 saturated carbocycles. The number of hydrogen-bond donors (Lipinski definition) is 0. The fourth-order valence-electron chi connectivity index (χ4n) is 1.64. The van der Waals surface area contributed by atoms with Crippen molar-refractivity contribution < 1.29 is 14.3 Å². The van der Waals surface area contributed by atoms with Crippen LogP contribution in [0.2, 0.25) is 0 Å². The Bertz CT molecular complexity index is 135. The predicted molar refractivity (Wildman–Crippen MR) is 39.0 cm³/mol. The summed E-state index contributed by atoms with van der Waals surface area (Å²) in [6.45, 7) is 0.453. The molecule has 0 amide bonds. The number of ether oxygens (including phenoxy) is 1. The van der Waals surface area contributed by atoms with E-state index < -0.39 is 5.60 Å². The molecule has 0 spiro atoms. The molecule has 3 nitrogen and oxygen atoms in total. The Labute approximate surface area is 65.7 Å². The van der Waals surface area contributed by atoms with Gasteiger partial charge in [0.15, 0.2) is 0 Å². The minimum absolute atomic E-state index is 0.353. The zero-order valence-corrected chi connectivity index (χ0v) is 6.41. The van der Waals surface area contributed by atoms with E-state index in [0.29, 0.717) is 12.9 Å². The van der Waals surface area contributed by atoms with Gasteiger partial charge in [0.2, 0.25) is 0 Å². The lowest BCUT2D eigenvalue weighted by Crippen LogP contribution is -2.28. The highest BCUT2D eigenvalue weighted by molar-refractivity contribution is 5.52. The predicted octanol–water partition coefficient (Wildman–Crippen LogP) is 1.06. The fourth-order valence-corrected chi connectivity index (χ4v) is 1.64. The zero-order chi connectivity index (χ0) is 8.16. The summed E-state index contributed by atoms with van der Waals surface area (Å²) in [4.78, 5) is 20.3. The number of aldehydes is 1. The van der Waals surface area contributed by atoms with Crippen LogP contribution in [0.25, 0.3) is 0 Å². The Hall–Kier alpha value is -0.860. The first-order valence-corrected chi connectivity index (χ1v) is 3.88. The third-order valence-corrected chi connectivity index (χ3v) is 2.27. The third-order valence-electron chi connectivity index (χ3n) is 2.27. The van der Waals surface area contributed by atoms with Crippen molar-refractivity contribution in [3.05, 3.63) is 0 Å². The van der Waals surface area contributed by atoms with Gasteiger partial charge in [-0.1, -0.05) is 0 Å². The van der Waals surface area contributed by atoms with Crippen molar-refractivity contribution in [1.29, 1.82) is 0 Å². The molecular weight excluding hydrogens is 144 g/mol. The van der Waals surface area contributed by atoms with Crippen molar-refractivity contribution in [2.24, 2.45) is 0 Å². The normalized spacial score (nSPS) is 21.1. The molecule has 0 unspecified atom stereocenters. The molecule has 1 aliphatic rings. The third kappa shape index (κ3) is 1.79. The SMILES string of the molecule is O=CCC1(OC=O)CCCC1. The first-order valence-electron chi connectivity index (χ1n) is 3.88. The molecule has 0 heterocycles. The van der Waals surface area contributed by atoms with E-state index >= 15 is 0 Å². The summed E-state index contributed by atoms with van der Waals surface area (Å²) in [6, 6.07) is 0. The van der Waals surface area contributed by atoms with Gasteiger partial charge >= 0.3 is 0 Å². The van der Waals surface area contributed by atoms with E-state index in [4.69, 9.17) is 4.74 Å². The lowest BCUT2D eigenvalue weighted by Gasteiger charge is -2.23. The summed E-state index contributed by atoms with van der Waals surface area (Å²) in [6.07, 6.45) is 4.97. The van der Waals surface area contributed by atoms with Crippen LogP contribution in [0.3, 0.4) is 0 Å². The van der Waals surface area contributed by atoms with E-state index in [1.165, 1.54) is 0 Å². The van der Waals surface area contributed by atoms with E-state index in [9.17, 15) is 9.59 Å². The van der Waals surface area contributed by atoms with Gasteiger partial charge in [0.05, 0.1) is 0 Å². The molecule has 0 aromatic heterocycles. The Kier molecular flexibility index (Phi) is 2.63. The maximum Gasteiger partial charge on any atom is 0.293 e. The Morgan fingerprint density at radius 2 is 1.91 bits per heavy atom. The van der Waals surface area contributed by atoms with Crippen molar-refractivity contribution in [3.63, 3.8) is 0 Å². The molecular formula is C8H12O3. The van der Waals surface area contributed by atoms with E-state index in [2.05, 4.69) is 0 Å². The van der Waals surface area contributed by atoms with Gasteiger partial charge in [-0.05, 0) is 25.7 Å². The van der Waals surface area contributed by atoms with Gasteiger partial charge in [-0.15, -0.1) is 0 Å². The highest BCUT2D eigenvalue weighted by Gasteiger charge is 2.34. The molecule has 0 aromatic rings. The van der Waals surface area contributed by atoms with Gasteiger partial charge in [-0.3, -0.25) is 4.79 Å². The quantitative estimate of drug-likeness (QED) is 0.571. The second-order valence-corrected chi connectivity index (χ2v) is 2.97. The molecule has 0 atom stereocenters. The number of hydrogen-bond acceptors (Lipinski definition) is 3. The average Bonchev–Trinajstić information content (AvgIpc) is 2.39. The van der Waals surface area contributed by atoms with Crippen LogP contribution in [0.5, 0.6) is 0 Å². The molecule has 1 rings (SSSR count). The molecule has 3 heteroatoms. The largest absolute Gasteiger partial charge is 0.461 e. The van der Waals surface area contributed by atoms with E-state index in [1.54, 1.807) is 0 Å². The summed E-state index contributed by atoms with van der Waals surface area (Å²) >= 11 is 0. The molecule has 0 aliphatic heterocycles. The summed E-state index contributed by atoms with van der Waals surface area (Å²) in [5.41, 5.74) is -0.441. The fraction of sp³-hybridized carbons (Fsp3) is 0.750. The molecule has 0 radical (unpaired) electrons. The summed E-state index contributed by atoms with van der Waals surface area (Å²) in [5, 5.41) is 0. The standard InChI is InChI=1S/C8H12O3/c9-6-5-8(11-7-10)3-1-2-4-8/h6-7H,1-5H2. The monoisotopic (exact) mass is 156 g/mol. The van der Waals surface area contributed by atoms with Crippen molar-refractivity contribution in [2.75, 3.05) is 0 Å². The van der Waals surface area contributed by atoms with Crippen LogP contribution in [0, 0.1) is 0 Å². The molecule has 1 aliphatic carbocycles. The minimum atomic E-state index is -0.441. The van der Waals surface area contributed by atoms with Crippen molar-refractivity contribution in [3.8, 4) is 0 Å². The van der Waals surface area contributed by atoms with Crippen LogP contribution >= 0.6 is 0 Å². The molecule has 11 heavy (non-hydrogen) atoms. The van der Waals surface area contributed by atoms with E-state index in [-0.39, 0.29) is 0 Å². The van der Waals surface area contributed by atoms with Gasteiger partial charge in [0.25, 0.3) is 6.47 Å². The van der Waals surface area contributed by atoms with Crippen LogP contribution < -0.4 is 0 Å². The highest BCUT2D eigenvalue weighted by atomic mass is 16.5. The summed E-state index contributed by atoms with van der Waals surface area (Å²) in [5.74, 6) is 0. The van der Waals surface area contributed by atoms with Crippen molar-refractivity contribution in [1.82, 2.24) is 0 Å². The van der Waals surface area contributed by atoms with E-state index in [1.807, 2.05) is 0 Å². The van der Waals surface area contributed by atoms with Crippen LogP contribution in [0.1, 0.15) is 32.1 Å². The molecule has 0 aromatic carbocycles. The number of rotatable bonds is 4. The number of carbonyl (C=O) groups excluding carboxylic acids is 2. The lowest BCUT2D eigenvalue weighted by molar-refractivity contribution is -0.144.